The quantitative estimate of drug-likeness (QED) is 0.641. The molecule has 2 heteroatoms. The average Bonchev–Trinajstić information content (AvgIpc) is 2.36. The van der Waals surface area contributed by atoms with Crippen LogP contribution in [0.25, 0.3) is 0 Å². The maximum Gasteiger partial charge on any atom is 0.309 e. The normalized spacial score (nSPS) is 20.7. The van der Waals surface area contributed by atoms with Gasteiger partial charge in [-0.25, -0.2) is 0 Å². The second-order valence-corrected chi connectivity index (χ2v) is 6.41. The zero-order chi connectivity index (χ0) is 13.6. The van der Waals surface area contributed by atoms with E-state index >= 15 is 0 Å². The van der Waals surface area contributed by atoms with Gasteiger partial charge in [0.2, 0.25) is 0 Å². The van der Waals surface area contributed by atoms with Crippen molar-refractivity contribution >= 4 is 5.97 Å². The van der Waals surface area contributed by atoms with Crippen molar-refractivity contribution in [3.63, 3.8) is 0 Å². The summed E-state index contributed by atoms with van der Waals surface area (Å²) in [5.74, 6) is 0.747. The van der Waals surface area contributed by atoms with Crippen LogP contribution in [0.4, 0.5) is 0 Å². The van der Waals surface area contributed by atoms with Crippen molar-refractivity contribution in [2.75, 3.05) is 0 Å². The number of carbonyl (C=O) groups is 1. The van der Waals surface area contributed by atoms with Crippen molar-refractivity contribution in [3.05, 3.63) is 0 Å². The van der Waals surface area contributed by atoms with E-state index in [-0.39, 0.29) is 17.5 Å². The van der Waals surface area contributed by atoms with Crippen LogP contribution in [0.15, 0.2) is 0 Å². The minimum Gasteiger partial charge on any atom is -0.459 e. The molecule has 2 nitrogen and oxygen atoms in total. The molecule has 1 aliphatic carbocycles. The fraction of sp³-hybridized carbons (Fsp3) is 0.938. The summed E-state index contributed by atoms with van der Waals surface area (Å²) in [4.78, 5) is 12.1. The van der Waals surface area contributed by atoms with Gasteiger partial charge in [0, 0.05) is 0 Å². The number of hydrogen-bond acceptors (Lipinski definition) is 2. The summed E-state index contributed by atoms with van der Waals surface area (Å²) in [6, 6.07) is 0. The fourth-order valence-corrected chi connectivity index (χ4v) is 2.63. The Kier molecular flexibility index (Phi) is 6.17. The molecule has 1 atom stereocenters. The van der Waals surface area contributed by atoms with Gasteiger partial charge in [-0.15, -0.1) is 0 Å². The van der Waals surface area contributed by atoms with Gasteiger partial charge in [-0.1, -0.05) is 34.1 Å². The number of rotatable bonds is 6. The van der Waals surface area contributed by atoms with Gasteiger partial charge in [-0.2, -0.15) is 0 Å². The van der Waals surface area contributed by atoms with Crippen molar-refractivity contribution in [2.45, 2.75) is 84.7 Å². The molecule has 1 fully saturated rings. The highest BCUT2D eigenvalue weighted by Gasteiger charge is 2.36. The molecule has 0 aromatic rings. The zero-order valence-electron chi connectivity index (χ0n) is 12.6. The van der Waals surface area contributed by atoms with Crippen molar-refractivity contribution < 1.29 is 9.53 Å². The van der Waals surface area contributed by atoms with E-state index in [0.29, 0.717) is 5.92 Å². The molecule has 1 unspecified atom stereocenters. The maximum atomic E-state index is 12.1. The standard InChI is InChI=1S/C16H30O2/c1-5-14(4)15(17)18-16(12-9-13(2)3)10-7-6-8-11-16/h13-14H,5-12H2,1-4H3. The summed E-state index contributed by atoms with van der Waals surface area (Å²) in [7, 11) is 0. The van der Waals surface area contributed by atoms with Gasteiger partial charge in [0.05, 0.1) is 5.92 Å². The third kappa shape index (κ3) is 4.62. The first-order valence-electron chi connectivity index (χ1n) is 7.72. The zero-order valence-corrected chi connectivity index (χ0v) is 12.6. The second kappa shape index (κ2) is 7.16. The van der Waals surface area contributed by atoms with Gasteiger partial charge in [-0.05, 0) is 50.9 Å². The van der Waals surface area contributed by atoms with Crippen LogP contribution in [-0.2, 0) is 9.53 Å². The van der Waals surface area contributed by atoms with Gasteiger partial charge < -0.3 is 4.74 Å². The molecule has 0 spiro atoms. The molecule has 0 aromatic heterocycles. The van der Waals surface area contributed by atoms with Crippen molar-refractivity contribution in [2.24, 2.45) is 11.8 Å². The molecule has 0 radical (unpaired) electrons. The molecule has 0 bridgehead atoms. The summed E-state index contributed by atoms with van der Waals surface area (Å²) >= 11 is 0. The molecule has 0 heterocycles. The molecule has 0 amide bonds. The van der Waals surface area contributed by atoms with Crippen LogP contribution in [0.2, 0.25) is 0 Å². The third-order valence-corrected chi connectivity index (χ3v) is 4.27. The van der Waals surface area contributed by atoms with Crippen LogP contribution < -0.4 is 0 Å². The van der Waals surface area contributed by atoms with Crippen LogP contribution in [0.5, 0.6) is 0 Å². The van der Waals surface area contributed by atoms with Gasteiger partial charge >= 0.3 is 5.97 Å². The Morgan fingerprint density at radius 2 is 1.78 bits per heavy atom. The Balaban J connectivity index is 2.62. The predicted octanol–water partition coefficient (Wildman–Crippen LogP) is 4.71. The number of hydrogen-bond donors (Lipinski definition) is 0. The van der Waals surface area contributed by atoms with Crippen LogP contribution in [-0.4, -0.2) is 11.6 Å². The van der Waals surface area contributed by atoms with Crippen molar-refractivity contribution in [3.8, 4) is 0 Å². The molecule has 106 valence electrons. The first-order valence-corrected chi connectivity index (χ1v) is 7.72. The SMILES string of the molecule is CCC(C)C(=O)OC1(CCC(C)C)CCCCC1. The first-order chi connectivity index (χ1) is 8.49. The molecule has 18 heavy (non-hydrogen) atoms. The van der Waals surface area contributed by atoms with Gasteiger partial charge in [-0.3, -0.25) is 4.79 Å². The molecule has 0 aliphatic heterocycles. The number of ether oxygens (including phenoxy) is 1. The third-order valence-electron chi connectivity index (χ3n) is 4.27. The van der Waals surface area contributed by atoms with E-state index in [1.54, 1.807) is 0 Å². The fourth-order valence-electron chi connectivity index (χ4n) is 2.63. The highest BCUT2D eigenvalue weighted by Crippen LogP contribution is 2.37. The van der Waals surface area contributed by atoms with E-state index in [2.05, 4.69) is 13.8 Å². The molecule has 1 aliphatic rings. The van der Waals surface area contributed by atoms with Crippen LogP contribution in [0.3, 0.4) is 0 Å². The summed E-state index contributed by atoms with van der Waals surface area (Å²) in [6.45, 7) is 8.51. The maximum absolute atomic E-state index is 12.1. The lowest BCUT2D eigenvalue weighted by molar-refractivity contribution is -0.169. The van der Waals surface area contributed by atoms with E-state index in [4.69, 9.17) is 4.74 Å². The topological polar surface area (TPSA) is 26.3 Å². The molecule has 0 N–H and O–H groups in total. The smallest absolute Gasteiger partial charge is 0.309 e. The highest BCUT2D eigenvalue weighted by molar-refractivity contribution is 5.72. The molecule has 1 saturated carbocycles. The second-order valence-electron chi connectivity index (χ2n) is 6.41. The summed E-state index contributed by atoms with van der Waals surface area (Å²) < 4.78 is 5.94. The lowest BCUT2D eigenvalue weighted by Gasteiger charge is -2.38. The Bertz CT molecular complexity index is 252. The minimum atomic E-state index is -0.136. The van der Waals surface area contributed by atoms with Crippen LogP contribution in [0.1, 0.15) is 79.1 Å². The minimum absolute atomic E-state index is 0.0168. The van der Waals surface area contributed by atoms with Gasteiger partial charge in [0.15, 0.2) is 0 Å². The lowest BCUT2D eigenvalue weighted by atomic mass is 9.80. The van der Waals surface area contributed by atoms with Crippen LogP contribution in [0, 0.1) is 11.8 Å². The summed E-state index contributed by atoms with van der Waals surface area (Å²) in [5.41, 5.74) is -0.136. The van der Waals surface area contributed by atoms with E-state index in [9.17, 15) is 4.79 Å². The first kappa shape index (κ1) is 15.5. The van der Waals surface area contributed by atoms with E-state index in [1.165, 1.54) is 19.3 Å². The molecular formula is C16H30O2. The predicted molar refractivity (Wildman–Crippen MR) is 75.4 cm³/mol. The van der Waals surface area contributed by atoms with E-state index in [0.717, 1.165) is 32.1 Å². The molecular weight excluding hydrogens is 224 g/mol. The average molecular weight is 254 g/mol. The molecule has 0 aromatic carbocycles. The monoisotopic (exact) mass is 254 g/mol. The van der Waals surface area contributed by atoms with E-state index < -0.39 is 0 Å². The van der Waals surface area contributed by atoms with Gasteiger partial charge in [0.1, 0.15) is 5.60 Å². The number of esters is 1. The summed E-state index contributed by atoms with van der Waals surface area (Å²) in [6.07, 6.45) is 8.95. The van der Waals surface area contributed by atoms with Crippen molar-refractivity contribution in [1.29, 1.82) is 0 Å². The Hall–Kier alpha value is -0.530. The summed E-state index contributed by atoms with van der Waals surface area (Å²) in [5, 5.41) is 0. The van der Waals surface area contributed by atoms with Gasteiger partial charge in [0.25, 0.3) is 0 Å². The molecule has 0 saturated heterocycles. The Morgan fingerprint density at radius 1 is 1.17 bits per heavy atom. The molecule has 1 rings (SSSR count). The highest BCUT2D eigenvalue weighted by atomic mass is 16.6. The van der Waals surface area contributed by atoms with E-state index in [1.807, 2.05) is 13.8 Å². The van der Waals surface area contributed by atoms with Crippen LogP contribution >= 0.6 is 0 Å². The number of carbonyl (C=O) groups excluding carboxylic acids is 1. The Morgan fingerprint density at radius 3 is 2.28 bits per heavy atom. The lowest BCUT2D eigenvalue weighted by Crippen LogP contribution is -2.39. The van der Waals surface area contributed by atoms with Crippen molar-refractivity contribution in [1.82, 2.24) is 0 Å². The Labute approximate surface area is 112 Å². The largest absolute Gasteiger partial charge is 0.459 e.